The minimum absolute atomic E-state index is 0.224. The van der Waals surface area contributed by atoms with Crippen molar-refractivity contribution in [2.45, 2.75) is 63.4 Å². The van der Waals surface area contributed by atoms with E-state index >= 15 is 0 Å². The molecule has 0 radical (unpaired) electrons. The number of ether oxygens (including phenoxy) is 3. The number of aromatic nitrogens is 4. The molecule has 6 aromatic rings. The molecule has 2 aromatic heterocycles. The maximum absolute atomic E-state index is 14.0. The van der Waals surface area contributed by atoms with Crippen molar-refractivity contribution < 1.29 is 33.4 Å². The van der Waals surface area contributed by atoms with E-state index in [1.807, 2.05) is 42.5 Å². The summed E-state index contributed by atoms with van der Waals surface area (Å²) in [5.74, 6) is 1.68. The number of carbonyl (C=O) groups excluding carboxylic acids is 4. The van der Waals surface area contributed by atoms with Crippen LogP contribution in [0.2, 0.25) is 0 Å². The predicted molar refractivity (Wildman–Crippen MR) is 227 cm³/mol. The third kappa shape index (κ3) is 7.19. The molecule has 0 aliphatic carbocycles. The number of fused-ring (bicyclic) bond motifs is 7. The van der Waals surface area contributed by atoms with Crippen molar-refractivity contribution in [3.63, 3.8) is 0 Å². The molecule has 2 saturated heterocycles. The van der Waals surface area contributed by atoms with Crippen molar-refractivity contribution in [1.29, 1.82) is 0 Å². The fourth-order valence-corrected chi connectivity index (χ4v) is 8.98. The molecule has 0 saturated carbocycles. The third-order valence-corrected chi connectivity index (χ3v) is 12.0. The minimum atomic E-state index is -0.907. The van der Waals surface area contributed by atoms with Crippen LogP contribution in [0.15, 0.2) is 91.1 Å². The number of H-pyrrole nitrogens is 2. The summed E-state index contributed by atoms with van der Waals surface area (Å²) < 4.78 is 16.1. The van der Waals surface area contributed by atoms with E-state index in [4.69, 9.17) is 24.2 Å². The molecular formula is C46H46N8O7. The largest absolute Gasteiger partial charge is 0.488 e. The highest BCUT2D eigenvalue weighted by Crippen LogP contribution is 2.45. The first-order valence-electron chi connectivity index (χ1n) is 20.4. The van der Waals surface area contributed by atoms with E-state index in [1.54, 1.807) is 22.9 Å². The van der Waals surface area contributed by atoms with Crippen molar-refractivity contribution in [2.24, 2.45) is 0 Å². The Labute approximate surface area is 351 Å². The summed E-state index contributed by atoms with van der Waals surface area (Å²) in [6.07, 6.45) is 3.49. The van der Waals surface area contributed by atoms with Crippen molar-refractivity contribution in [2.75, 3.05) is 27.3 Å². The fourth-order valence-electron chi connectivity index (χ4n) is 8.98. The Morgan fingerprint density at radius 3 is 2.25 bits per heavy atom. The van der Waals surface area contributed by atoms with Crippen molar-refractivity contribution >= 4 is 45.8 Å². The van der Waals surface area contributed by atoms with Gasteiger partial charge in [-0.2, -0.15) is 0 Å². The van der Waals surface area contributed by atoms with E-state index in [-0.39, 0.29) is 23.9 Å². The summed E-state index contributed by atoms with van der Waals surface area (Å²) in [5.41, 5.74) is 7.67. The van der Waals surface area contributed by atoms with Gasteiger partial charge in [-0.3, -0.25) is 9.59 Å². The highest BCUT2D eigenvalue weighted by atomic mass is 16.5. The van der Waals surface area contributed by atoms with E-state index in [1.165, 1.54) is 14.2 Å². The highest BCUT2D eigenvalue weighted by Gasteiger charge is 2.38. The van der Waals surface area contributed by atoms with Crippen molar-refractivity contribution in [3.8, 4) is 28.1 Å². The highest BCUT2D eigenvalue weighted by molar-refractivity contribution is 6.09. The van der Waals surface area contributed by atoms with Crippen LogP contribution in [0.4, 0.5) is 9.59 Å². The summed E-state index contributed by atoms with van der Waals surface area (Å²) in [4.78, 5) is 72.3. The number of aromatic amines is 2. The van der Waals surface area contributed by atoms with Crippen LogP contribution >= 0.6 is 0 Å². The average Bonchev–Trinajstić information content (AvgIpc) is 4.13. The molecule has 0 bridgehead atoms. The molecule has 312 valence electrons. The molecule has 4 atom stereocenters. The predicted octanol–water partition coefficient (Wildman–Crippen LogP) is 7.39. The van der Waals surface area contributed by atoms with Crippen molar-refractivity contribution in [1.82, 2.24) is 40.4 Å². The average molecular weight is 823 g/mol. The molecule has 4 aromatic carbocycles. The monoisotopic (exact) mass is 822 g/mol. The maximum atomic E-state index is 14.0. The first-order chi connectivity index (χ1) is 29.6. The quantitative estimate of drug-likeness (QED) is 0.108. The summed E-state index contributed by atoms with van der Waals surface area (Å²) in [5, 5.41) is 7.20. The standard InChI is InChI=1S/C46H46N8O7/c1-25(2)37(51-45(57)59-3)43(55)54-21-9-13-36(54)42-48-33-19-18-32-30(39(33)50-42)16-17-31-29-15-14-27(22-28(29)24-61-40(31)32)34-23-47-41(49-34)35-12-8-20-53(35)44(56)38(52-46(58)60-4)26-10-6-5-7-11-26/h5-7,10-11,14-19,22-23,35-38H,1,8-9,12-13,20-21,24H2,2-4H3,(H,47,49)(H,48,50)(H,51,57)(H,52,58)/t35-,36-,37-,38+/m0/s1. The molecule has 4 N–H and O–H groups in total. The topological polar surface area (TPSA) is 184 Å². The Bertz CT molecular complexity index is 2710. The molecule has 0 spiro atoms. The normalized spacial score (nSPS) is 17.9. The second-order valence-corrected chi connectivity index (χ2v) is 15.7. The van der Waals surface area contributed by atoms with Crippen LogP contribution in [0.5, 0.6) is 5.75 Å². The number of imidazole rings is 2. The van der Waals surface area contributed by atoms with Gasteiger partial charge in [-0.25, -0.2) is 19.6 Å². The summed E-state index contributed by atoms with van der Waals surface area (Å²) in [6, 6.07) is 21.3. The van der Waals surface area contributed by atoms with Crippen LogP contribution in [0.1, 0.15) is 73.5 Å². The van der Waals surface area contributed by atoms with Gasteiger partial charge in [-0.15, -0.1) is 0 Å². The summed E-state index contributed by atoms with van der Waals surface area (Å²) in [6.45, 7) is 7.07. The van der Waals surface area contributed by atoms with Gasteiger partial charge >= 0.3 is 12.2 Å². The first kappa shape index (κ1) is 39.3. The lowest BCUT2D eigenvalue weighted by atomic mass is 9.92. The number of nitrogens with zero attached hydrogens (tertiary/aromatic N) is 4. The number of methoxy groups -OCH3 is 2. The van der Waals surface area contributed by atoms with Gasteiger partial charge in [-0.05, 0) is 84.7 Å². The van der Waals surface area contributed by atoms with E-state index in [9.17, 15) is 19.2 Å². The third-order valence-electron chi connectivity index (χ3n) is 12.0. The number of rotatable bonds is 9. The number of hydrogen-bond donors (Lipinski definition) is 4. The van der Waals surface area contributed by atoms with Crippen LogP contribution in [-0.4, -0.2) is 87.1 Å². The molecule has 15 nitrogen and oxygen atoms in total. The molecule has 2 fully saturated rings. The molecule has 61 heavy (non-hydrogen) atoms. The van der Waals surface area contributed by atoms with E-state index in [0.717, 1.165) is 81.2 Å². The van der Waals surface area contributed by atoms with Gasteiger partial charge in [-0.1, -0.05) is 55.1 Å². The van der Waals surface area contributed by atoms with Gasteiger partial charge in [0.2, 0.25) is 5.91 Å². The summed E-state index contributed by atoms with van der Waals surface area (Å²) >= 11 is 0. The molecule has 3 aliphatic heterocycles. The minimum Gasteiger partial charge on any atom is -0.488 e. The van der Waals surface area contributed by atoms with Gasteiger partial charge in [0.1, 0.15) is 36.1 Å². The number of nitrogens with one attached hydrogen (secondary N) is 4. The molecule has 9 rings (SSSR count). The van der Waals surface area contributed by atoms with Crippen LogP contribution in [-0.2, 0) is 25.7 Å². The van der Waals surface area contributed by atoms with Crippen LogP contribution in [0, 0.1) is 0 Å². The molecule has 3 aliphatic rings. The second-order valence-electron chi connectivity index (χ2n) is 15.7. The number of alkyl carbamates (subject to hydrolysis) is 2. The zero-order valence-corrected chi connectivity index (χ0v) is 34.1. The maximum Gasteiger partial charge on any atom is 0.407 e. The molecule has 15 heteroatoms. The van der Waals surface area contributed by atoms with Crippen molar-refractivity contribution in [3.05, 3.63) is 114 Å². The number of amides is 4. The zero-order valence-electron chi connectivity index (χ0n) is 34.1. The first-order valence-corrected chi connectivity index (χ1v) is 20.4. The molecule has 5 heterocycles. The second kappa shape index (κ2) is 16.1. The Morgan fingerprint density at radius 2 is 1.51 bits per heavy atom. The van der Waals surface area contributed by atoms with E-state index in [2.05, 4.69) is 57.5 Å². The van der Waals surface area contributed by atoms with Gasteiger partial charge in [0, 0.05) is 29.4 Å². The lowest BCUT2D eigenvalue weighted by Gasteiger charge is -2.28. The number of carbonyl (C=O) groups is 4. The smallest absolute Gasteiger partial charge is 0.407 e. The Morgan fingerprint density at radius 1 is 0.820 bits per heavy atom. The lowest BCUT2D eigenvalue weighted by Crippen LogP contribution is -2.49. The number of benzene rings is 4. The van der Waals surface area contributed by atoms with Crippen LogP contribution in [0.3, 0.4) is 0 Å². The Balaban J connectivity index is 0.956. The molecular weight excluding hydrogens is 777 g/mol. The van der Waals surface area contributed by atoms with Gasteiger partial charge in [0.05, 0.1) is 49.2 Å². The van der Waals surface area contributed by atoms with Gasteiger partial charge in [0.15, 0.2) is 0 Å². The van der Waals surface area contributed by atoms with Crippen LogP contribution in [0.25, 0.3) is 44.2 Å². The SMILES string of the molecule is C=C(C)[C@H](NC(=O)OC)C(=O)N1CCC[C@H]1c1nc2c(ccc3c4c(ccc32)-c2ccc(-c3cnc([C@@H]5CCCN5C(=O)[C@H](NC(=O)OC)c5ccccc5)[nH]3)cc2CO4)[nH]1. The van der Waals surface area contributed by atoms with Gasteiger partial charge < -0.3 is 44.6 Å². The Hall–Kier alpha value is -7.16. The van der Waals surface area contributed by atoms with Crippen LogP contribution < -0.4 is 15.4 Å². The fraction of sp³-hybridized carbons (Fsp3) is 0.304. The number of likely N-dealkylation sites (tertiary alicyclic amines) is 2. The molecule has 0 unspecified atom stereocenters. The van der Waals surface area contributed by atoms with E-state index in [0.29, 0.717) is 42.5 Å². The Kier molecular flexibility index (Phi) is 10.4. The summed E-state index contributed by atoms with van der Waals surface area (Å²) in [7, 11) is 2.54. The lowest BCUT2D eigenvalue weighted by molar-refractivity contribution is -0.135. The van der Waals surface area contributed by atoms with Gasteiger partial charge in [0.25, 0.3) is 5.91 Å². The number of hydrogen-bond acceptors (Lipinski definition) is 9. The van der Waals surface area contributed by atoms with E-state index < -0.39 is 24.3 Å². The molecule has 4 amide bonds. The zero-order chi connectivity index (χ0) is 42.4.